The van der Waals surface area contributed by atoms with Gasteiger partial charge in [0.15, 0.2) is 0 Å². The third-order valence-electron chi connectivity index (χ3n) is 3.89. The van der Waals surface area contributed by atoms with Crippen molar-refractivity contribution in [2.24, 2.45) is 0 Å². The minimum Gasteiger partial charge on any atom is -0.327 e. The molecular weight excluding hydrogens is 403 g/mol. The molecule has 28 heavy (non-hydrogen) atoms. The average Bonchev–Trinajstić information content (AvgIpc) is 2.68. The van der Waals surface area contributed by atoms with Crippen LogP contribution < -0.4 is 14.9 Å². The summed E-state index contributed by atoms with van der Waals surface area (Å²) in [4.78, 5) is 23.1. The number of halogens is 2. The Kier molecular flexibility index (Phi) is 8.10. The lowest BCUT2D eigenvalue weighted by Crippen LogP contribution is -2.22. The van der Waals surface area contributed by atoms with Gasteiger partial charge in [-0.05, 0) is 50.4 Å². The van der Waals surface area contributed by atoms with Gasteiger partial charge >= 0.3 is 0 Å². The maximum atomic E-state index is 14.6. The van der Waals surface area contributed by atoms with Crippen LogP contribution in [0.25, 0.3) is 0 Å². The second kappa shape index (κ2) is 10.3. The van der Waals surface area contributed by atoms with Gasteiger partial charge in [0.25, 0.3) is 5.91 Å². The summed E-state index contributed by atoms with van der Waals surface area (Å²) in [5.74, 6) is -1.21. The van der Waals surface area contributed by atoms with Crippen LogP contribution in [0.4, 0.5) is 21.5 Å². The van der Waals surface area contributed by atoms with Gasteiger partial charge < -0.3 is 14.9 Å². The molecule has 0 aliphatic rings. The van der Waals surface area contributed by atoms with E-state index in [1.165, 1.54) is 36.4 Å². The minimum atomic E-state index is -0.617. The van der Waals surface area contributed by atoms with E-state index in [0.717, 1.165) is 6.54 Å². The van der Waals surface area contributed by atoms with Gasteiger partial charge in [-0.15, -0.1) is 0 Å². The molecule has 0 saturated carbocycles. The van der Waals surface area contributed by atoms with Crippen molar-refractivity contribution in [2.45, 2.75) is 13.8 Å². The van der Waals surface area contributed by atoms with Gasteiger partial charge in [0.05, 0.1) is 22.0 Å². The molecule has 2 aromatic carbocycles. The molecule has 2 N–H and O–H groups in total. The molecule has 2 aromatic rings. The first-order valence-corrected chi connectivity index (χ1v) is 9.77. The zero-order chi connectivity index (χ0) is 20.7. The third kappa shape index (κ3) is 5.60. The van der Waals surface area contributed by atoms with Gasteiger partial charge in [0, 0.05) is 30.9 Å². The molecule has 0 fully saturated rings. The summed E-state index contributed by atoms with van der Waals surface area (Å²) < 4.78 is 18.5. The average molecular weight is 425 g/mol. The molecule has 0 bridgehead atoms. The molecular formula is C19H22ClFN4O2S. The van der Waals surface area contributed by atoms with Crippen molar-refractivity contribution in [3.8, 4) is 0 Å². The minimum absolute atomic E-state index is 0.0755. The molecule has 0 atom stereocenters. The largest absolute Gasteiger partial charge is 0.327 e. The van der Waals surface area contributed by atoms with Crippen LogP contribution in [0.15, 0.2) is 36.4 Å². The van der Waals surface area contributed by atoms with E-state index in [9.17, 15) is 14.0 Å². The van der Waals surface area contributed by atoms with Crippen molar-refractivity contribution in [1.29, 1.82) is 0 Å². The first-order chi connectivity index (χ1) is 13.4. The summed E-state index contributed by atoms with van der Waals surface area (Å²) in [6, 6.07) is 9.10. The predicted octanol–water partition coefficient (Wildman–Crippen LogP) is 4.64. The summed E-state index contributed by atoms with van der Waals surface area (Å²) >= 11 is 7.44. The second-order valence-corrected chi connectivity index (χ2v) is 7.43. The highest BCUT2D eigenvalue weighted by Crippen LogP contribution is 2.28. The Morgan fingerprint density at radius 3 is 2.57 bits per heavy atom. The van der Waals surface area contributed by atoms with Gasteiger partial charge in [0.2, 0.25) is 6.41 Å². The van der Waals surface area contributed by atoms with E-state index in [2.05, 4.69) is 10.6 Å². The van der Waals surface area contributed by atoms with Crippen molar-refractivity contribution >= 4 is 53.1 Å². The van der Waals surface area contributed by atoms with Gasteiger partial charge in [-0.3, -0.25) is 9.59 Å². The molecule has 0 heterocycles. The van der Waals surface area contributed by atoms with Crippen LogP contribution >= 0.6 is 23.7 Å². The van der Waals surface area contributed by atoms with Crippen molar-refractivity contribution in [1.82, 2.24) is 4.31 Å². The van der Waals surface area contributed by atoms with Crippen LogP contribution in [-0.4, -0.2) is 36.8 Å². The van der Waals surface area contributed by atoms with E-state index in [-0.39, 0.29) is 5.56 Å². The lowest BCUT2D eigenvalue weighted by atomic mass is 10.1. The van der Waals surface area contributed by atoms with Crippen LogP contribution in [0.2, 0.25) is 5.02 Å². The predicted molar refractivity (Wildman–Crippen MR) is 114 cm³/mol. The Bertz CT molecular complexity index is 853. The maximum absolute atomic E-state index is 14.6. The first kappa shape index (κ1) is 22.0. The first-order valence-electron chi connectivity index (χ1n) is 8.67. The van der Waals surface area contributed by atoms with Gasteiger partial charge in [-0.25, -0.2) is 8.70 Å². The second-order valence-electron chi connectivity index (χ2n) is 5.80. The molecule has 0 saturated heterocycles. The number of rotatable bonds is 9. The Labute approximate surface area is 173 Å². The molecule has 2 amide bonds. The van der Waals surface area contributed by atoms with Gasteiger partial charge in [-0.1, -0.05) is 18.5 Å². The summed E-state index contributed by atoms with van der Waals surface area (Å²) in [6.45, 7) is 5.52. The zero-order valence-corrected chi connectivity index (χ0v) is 17.4. The van der Waals surface area contributed by atoms with E-state index >= 15 is 0 Å². The Balaban J connectivity index is 2.18. The van der Waals surface area contributed by atoms with E-state index in [1.54, 1.807) is 12.1 Å². The van der Waals surface area contributed by atoms with Crippen LogP contribution in [0, 0.1) is 5.82 Å². The molecule has 0 aliphatic carbocycles. The quantitative estimate of drug-likeness (QED) is 0.453. The SMILES string of the molecule is CCN(C)SN(CC)c1ccc(C(=O)Nc2ccc(Cl)c(NC=O)c2)c(F)c1. The van der Waals surface area contributed by atoms with E-state index in [1.807, 2.05) is 29.5 Å². The summed E-state index contributed by atoms with van der Waals surface area (Å²) in [6.07, 6.45) is 0.485. The molecule has 0 aromatic heterocycles. The highest BCUT2D eigenvalue weighted by Gasteiger charge is 2.16. The van der Waals surface area contributed by atoms with Crippen LogP contribution in [0.5, 0.6) is 0 Å². The lowest BCUT2D eigenvalue weighted by molar-refractivity contribution is -0.105. The Hall–Kier alpha value is -2.29. The fourth-order valence-corrected chi connectivity index (χ4v) is 3.28. The molecule has 0 unspecified atom stereocenters. The number of nitrogens with one attached hydrogen (secondary N) is 2. The highest BCUT2D eigenvalue weighted by molar-refractivity contribution is 7.98. The lowest BCUT2D eigenvalue weighted by Gasteiger charge is -2.26. The van der Waals surface area contributed by atoms with E-state index in [0.29, 0.717) is 35.0 Å². The fraction of sp³-hybridized carbons (Fsp3) is 0.263. The number of carbonyl (C=O) groups is 2. The topological polar surface area (TPSA) is 64.7 Å². The summed E-state index contributed by atoms with van der Waals surface area (Å²) in [5, 5.41) is 5.37. The number of hydrogen-bond acceptors (Lipinski definition) is 5. The van der Waals surface area contributed by atoms with Crippen molar-refractivity contribution < 1.29 is 14.0 Å². The number of nitrogens with zero attached hydrogens (tertiary/aromatic N) is 2. The smallest absolute Gasteiger partial charge is 0.258 e. The number of anilines is 3. The molecule has 0 aliphatic heterocycles. The molecule has 150 valence electrons. The summed E-state index contributed by atoms with van der Waals surface area (Å²) in [7, 11) is 1.95. The number of hydrogen-bond donors (Lipinski definition) is 2. The summed E-state index contributed by atoms with van der Waals surface area (Å²) in [5.41, 5.74) is 1.33. The molecule has 2 rings (SSSR count). The van der Waals surface area contributed by atoms with Crippen molar-refractivity contribution in [2.75, 3.05) is 35.1 Å². The number of benzene rings is 2. The number of amides is 2. The van der Waals surface area contributed by atoms with Crippen molar-refractivity contribution in [3.05, 3.63) is 52.8 Å². The molecule has 0 spiro atoms. The van der Waals surface area contributed by atoms with Crippen molar-refractivity contribution in [3.63, 3.8) is 0 Å². The van der Waals surface area contributed by atoms with Gasteiger partial charge in [0.1, 0.15) is 5.82 Å². The normalized spacial score (nSPS) is 10.6. The Morgan fingerprint density at radius 1 is 1.21 bits per heavy atom. The van der Waals surface area contributed by atoms with E-state index in [4.69, 9.17) is 11.6 Å². The molecule has 0 radical (unpaired) electrons. The third-order valence-corrected chi connectivity index (χ3v) is 5.43. The van der Waals surface area contributed by atoms with Crippen LogP contribution in [-0.2, 0) is 4.79 Å². The van der Waals surface area contributed by atoms with Crippen LogP contribution in [0.3, 0.4) is 0 Å². The highest BCUT2D eigenvalue weighted by atomic mass is 35.5. The monoisotopic (exact) mass is 424 g/mol. The maximum Gasteiger partial charge on any atom is 0.258 e. The van der Waals surface area contributed by atoms with E-state index < -0.39 is 11.7 Å². The number of carbonyl (C=O) groups excluding carboxylic acids is 2. The van der Waals surface area contributed by atoms with Gasteiger partial charge in [-0.2, -0.15) is 0 Å². The Morgan fingerprint density at radius 2 is 1.96 bits per heavy atom. The standard InChI is InChI=1S/C19H22ClFN4O2S/c1-4-24(3)28-25(5-2)14-7-8-15(17(21)11-14)19(27)23-13-6-9-16(20)18(10-13)22-12-26/h6-12H,4-5H2,1-3H3,(H,22,26)(H,23,27). The fourth-order valence-electron chi connectivity index (χ4n) is 2.33. The molecule has 6 nitrogen and oxygen atoms in total. The molecule has 9 heteroatoms. The van der Waals surface area contributed by atoms with Crippen LogP contribution in [0.1, 0.15) is 24.2 Å². The zero-order valence-electron chi connectivity index (χ0n) is 15.8.